The van der Waals surface area contributed by atoms with Crippen molar-refractivity contribution in [2.45, 2.75) is 52.1 Å². The highest BCUT2D eigenvalue weighted by atomic mass is 16.5. The molecule has 1 fully saturated rings. The molecule has 4 nitrogen and oxygen atoms in total. The maximum atomic E-state index is 5.17. The third-order valence-corrected chi connectivity index (χ3v) is 4.01. The van der Waals surface area contributed by atoms with Crippen molar-refractivity contribution in [2.75, 3.05) is 19.0 Å². The Morgan fingerprint density at radius 2 is 2.05 bits per heavy atom. The van der Waals surface area contributed by atoms with Gasteiger partial charge in [0, 0.05) is 31.6 Å². The van der Waals surface area contributed by atoms with E-state index in [9.17, 15) is 0 Å². The van der Waals surface area contributed by atoms with Crippen molar-refractivity contribution in [3.05, 3.63) is 12.4 Å². The number of hydrogen-bond acceptors (Lipinski definition) is 3. The van der Waals surface area contributed by atoms with E-state index in [0.717, 1.165) is 17.8 Å². The van der Waals surface area contributed by atoms with Crippen LogP contribution in [0.1, 0.15) is 46.1 Å². The third kappa shape index (κ3) is 3.72. The molecule has 2 rings (SSSR count). The summed E-state index contributed by atoms with van der Waals surface area (Å²) in [6, 6.07) is 0.864. The van der Waals surface area contributed by atoms with Gasteiger partial charge in [-0.3, -0.25) is 0 Å². The van der Waals surface area contributed by atoms with Gasteiger partial charge in [0.15, 0.2) is 0 Å². The summed E-state index contributed by atoms with van der Waals surface area (Å²) in [5.74, 6) is 2.59. The molecule has 0 spiro atoms. The van der Waals surface area contributed by atoms with Crippen molar-refractivity contribution in [2.24, 2.45) is 11.8 Å². The standard InChI is InChI=1S/C15H27N3O/c1-11-7-12(2)9-14(8-11)18-6-5-16-15(18)17-13(3)10-19-4/h5-6,11-14H,7-10H2,1-4H3,(H,16,17). The van der Waals surface area contributed by atoms with Crippen LogP contribution in [-0.4, -0.2) is 29.3 Å². The normalized spacial score (nSPS) is 29.2. The molecule has 0 saturated heterocycles. The van der Waals surface area contributed by atoms with E-state index in [0.29, 0.717) is 12.6 Å². The molecule has 1 saturated carbocycles. The monoisotopic (exact) mass is 265 g/mol. The Hall–Kier alpha value is -1.03. The van der Waals surface area contributed by atoms with Gasteiger partial charge in [0.2, 0.25) is 5.95 Å². The van der Waals surface area contributed by atoms with Crippen molar-refractivity contribution >= 4 is 5.95 Å². The predicted octanol–water partition coefficient (Wildman–Crippen LogP) is 3.33. The van der Waals surface area contributed by atoms with Crippen LogP contribution in [-0.2, 0) is 4.74 Å². The molecule has 0 radical (unpaired) electrons. The molecule has 3 unspecified atom stereocenters. The van der Waals surface area contributed by atoms with Crippen LogP contribution in [0.3, 0.4) is 0 Å². The smallest absolute Gasteiger partial charge is 0.203 e. The van der Waals surface area contributed by atoms with E-state index >= 15 is 0 Å². The molecule has 0 aliphatic heterocycles. The number of aromatic nitrogens is 2. The average Bonchev–Trinajstić information content (AvgIpc) is 2.76. The fourth-order valence-corrected chi connectivity index (χ4v) is 3.36. The number of imidazole rings is 1. The highest BCUT2D eigenvalue weighted by Crippen LogP contribution is 2.37. The molecule has 0 aromatic carbocycles. The summed E-state index contributed by atoms with van der Waals surface area (Å²) in [5, 5.41) is 3.45. The van der Waals surface area contributed by atoms with Crippen LogP contribution in [0.25, 0.3) is 0 Å². The van der Waals surface area contributed by atoms with Gasteiger partial charge in [0.1, 0.15) is 0 Å². The van der Waals surface area contributed by atoms with Crippen LogP contribution in [0.2, 0.25) is 0 Å². The van der Waals surface area contributed by atoms with Gasteiger partial charge in [0.25, 0.3) is 0 Å². The van der Waals surface area contributed by atoms with E-state index in [1.165, 1.54) is 19.3 Å². The summed E-state index contributed by atoms with van der Waals surface area (Å²) in [5.41, 5.74) is 0. The van der Waals surface area contributed by atoms with Gasteiger partial charge in [-0.25, -0.2) is 4.98 Å². The Balaban J connectivity index is 2.06. The second-order valence-corrected chi connectivity index (χ2v) is 6.23. The fourth-order valence-electron chi connectivity index (χ4n) is 3.36. The summed E-state index contributed by atoms with van der Waals surface area (Å²) >= 11 is 0. The Bertz CT molecular complexity index is 380. The number of methoxy groups -OCH3 is 1. The van der Waals surface area contributed by atoms with E-state index in [4.69, 9.17) is 4.74 Å². The Morgan fingerprint density at radius 1 is 1.37 bits per heavy atom. The lowest BCUT2D eigenvalue weighted by Crippen LogP contribution is -2.27. The van der Waals surface area contributed by atoms with Gasteiger partial charge < -0.3 is 14.6 Å². The Morgan fingerprint density at radius 3 is 2.68 bits per heavy atom. The van der Waals surface area contributed by atoms with E-state index in [1.54, 1.807) is 7.11 Å². The highest BCUT2D eigenvalue weighted by Gasteiger charge is 2.26. The molecular weight excluding hydrogens is 238 g/mol. The van der Waals surface area contributed by atoms with Gasteiger partial charge in [0.05, 0.1) is 6.61 Å². The first-order chi connectivity index (χ1) is 9.10. The lowest BCUT2D eigenvalue weighted by atomic mass is 9.80. The topological polar surface area (TPSA) is 39.1 Å². The molecule has 1 aliphatic carbocycles. The van der Waals surface area contributed by atoms with Crippen molar-refractivity contribution in [3.8, 4) is 0 Å². The number of nitrogens with one attached hydrogen (secondary N) is 1. The van der Waals surface area contributed by atoms with Crippen LogP contribution in [0.5, 0.6) is 0 Å². The van der Waals surface area contributed by atoms with Crippen LogP contribution in [0.15, 0.2) is 12.4 Å². The largest absolute Gasteiger partial charge is 0.383 e. The van der Waals surface area contributed by atoms with Gasteiger partial charge >= 0.3 is 0 Å². The van der Waals surface area contributed by atoms with E-state index in [-0.39, 0.29) is 6.04 Å². The van der Waals surface area contributed by atoms with Crippen molar-refractivity contribution in [1.82, 2.24) is 9.55 Å². The number of rotatable bonds is 5. The van der Waals surface area contributed by atoms with Gasteiger partial charge in [-0.1, -0.05) is 13.8 Å². The summed E-state index contributed by atoms with van der Waals surface area (Å²) in [4.78, 5) is 4.46. The molecule has 1 aromatic heterocycles. The predicted molar refractivity (Wildman–Crippen MR) is 78.4 cm³/mol. The average molecular weight is 265 g/mol. The zero-order valence-electron chi connectivity index (χ0n) is 12.6. The van der Waals surface area contributed by atoms with Gasteiger partial charge in [-0.2, -0.15) is 0 Å². The fraction of sp³-hybridized carbons (Fsp3) is 0.800. The van der Waals surface area contributed by atoms with E-state index < -0.39 is 0 Å². The van der Waals surface area contributed by atoms with Gasteiger partial charge in [-0.05, 0) is 38.0 Å². The lowest BCUT2D eigenvalue weighted by Gasteiger charge is -2.33. The van der Waals surface area contributed by atoms with Crippen molar-refractivity contribution < 1.29 is 4.74 Å². The molecule has 108 valence electrons. The second kappa shape index (κ2) is 6.42. The second-order valence-electron chi connectivity index (χ2n) is 6.23. The molecule has 0 bridgehead atoms. The zero-order chi connectivity index (χ0) is 13.8. The first-order valence-corrected chi connectivity index (χ1v) is 7.38. The first-order valence-electron chi connectivity index (χ1n) is 7.38. The third-order valence-electron chi connectivity index (χ3n) is 4.01. The van der Waals surface area contributed by atoms with Crippen molar-refractivity contribution in [1.29, 1.82) is 0 Å². The molecule has 0 amide bonds. The molecule has 4 heteroatoms. The number of anilines is 1. The van der Waals surface area contributed by atoms with Crippen LogP contribution < -0.4 is 5.32 Å². The van der Waals surface area contributed by atoms with Gasteiger partial charge in [-0.15, -0.1) is 0 Å². The van der Waals surface area contributed by atoms with E-state index in [2.05, 4.69) is 41.8 Å². The summed E-state index contributed by atoms with van der Waals surface area (Å²) in [6.45, 7) is 7.54. The van der Waals surface area contributed by atoms with Crippen molar-refractivity contribution in [3.63, 3.8) is 0 Å². The summed E-state index contributed by atoms with van der Waals surface area (Å²) in [7, 11) is 1.73. The minimum Gasteiger partial charge on any atom is -0.383 e. The molecule has 3 atom stereocenters. The minimum absolute atomic E-state index is 0.282. The Kier molecular flexibility index (Phi) is 4.86. The molecular formula is C15H27N3O. The molecule has 19 heavy (non-hydrogen) atoms. The van der Waals surface area contributed by atoms with Crippen LogP contribution in [0.4, 0.5) is 5.95 Å². The number of hydrogen-bond donors (Lipinski definition) is 1. The maximum Gasteiger partial charge on any atom is 0.203 e. The van der Waals surface area contributed by atoms with Crippen LogP contribution >= 0.6 is 0 Å². The molecule has 1 aliphatic rings. The SMILES string of the molecule is COCC(C)Nc1nccn1C1CC(C)CC(C)C1. The molecule has 1 heterocycles. The zero-order valence-corrected chi connectivity index (χ0v) is 12.6. The lowest BCUT2D eigenvalue weighted by molar-refractivity contribution is 0.189. The number of nitrogens with zero attached hydrogens (tertiary/aromatic N) is 2. The minimum atomic E-state index is 0.282. The highest BCUT2D eigenvalue weighted by molar-refractivity contribution is 5.28. The maximum absolute atomic E-state index is 5.17. The first kappa shape index (κ1) is 14.4. The molecule has 1 N–H and O–H groups in total. The Labute approximate surface area is 116 Å². The van der Waals surface area contributed by atoms with E-state index in [1.807, 2.05) is 6.20 Å². The quantitative estimate of drug-likeness (QED) is 0.887. The summed E-state index contributed by atoms with van der Waals surface area (Å²) in [6.07, 6.45) is 7.87. The molecule has 1 aromatic rings. The number of ether oxygens (including phenoxy) is 1. The summed E-state index contributed by atoms with van der Waals surface area (Å²) < 4.78 is 7.49. The van der Waals surface area contributed by atoms with Crippen LogP contribution in [0, 0.1) is 11.8 Å².